The second-order valence-electron chi connectivity index (χ2n) is 3.59. The van der Waals surface area contributed by atoms with Crippen LogP contribution in [0.3, 0.4) is 0 Å². The molecule has 2 aromatic heterocycles. The van der Waals surface area contributed by atoms with Crippen LogP contribution in [-0.4, -0.2) is 33.7 Å². The van der Waals surface area contributed by atoms with Crippen molar-refractivity contribution in [2.45, 2.75) is 6.92 Å². The van der Waals surface area contributed by atoms with Gasteiger partial charge in [0.05, 0.1) is 18.2 Å². The van der Waals surface area contributed by atoms with Gasteiger partial charge < -0.3 is 9.15 Å². The highest BCUT2D eigenvalue weighted by Gasteiger charge is 2.20. The average molecular weight is 279 g/mol. The van der Waals surface area contributed by atoms with E-state index < -0.39 is 16.9 Å². The predicted molar refractivity (Wildman–Crippen MR) is 64.4 cm³/mol. The maximum Gasteiger partial charge on any atom is 0.434 e. The summed E-state index contributed by atoms with van der Waals surface area (Å²) in [6.07, 6.45) is 0.865. The van der Waals surface area contributed by atoms with Gasteiger partial charge in [-0.3, -0.25) is 14.9 Å². The predicted octanol–water partition coefficient (Wildman–Crippen LogP) is 1.87. The molecule has 0 unspecified atom stereocenters. The highest BCUT2D eigenvalue weighted by molar-refractivity contribution is 5.86. The molecule has 0 amide bonds. The Morgan fingerprint density at radius 1 is 1.60 bits per heavy atom. The quantitative estimate of drug-likeness (QED) is 0.476. The van der Waals surface area contributed by atoms with Gasteiger partial charge in [-0.15, -0.1) is 0 Å². The summed E-state index contributed by atoms with van der Waals surface area (Å²) in [5.74, 6) is -0.468. The van der Waals surface area contributed by atoms with Gasteiger partial charge in [0.2, 0.25) is 0 Å². The van der Waals surface area contributed by atoms with Crippen LogP contribution in [0.15, 0.2) is 22.7 Å². The monoisotopic (exact) mass is 279 g/mol. The van der Waals surface area contributed by atoms with E-state index in [1.54, 1.807) is 6.92 Å². The van der Waals surface area contributed by atoms with Crippen LogP contribution in [0.4, 0.5) is 10.7 Å². The average Bonchev–Trinajstić information content (AvgIpc) is 3.05. The third kappa shape index (κ3) is 2.41. The molecule has 0 aliphatic rings. The first-order valence-corrected chi connectivity index (χ1v) is 5.53. The van der Waals surface area contributed by atoms with Crippen molar-refractivity contribution in [2.75, 3.05) is 6.61 Å². The summed E-state index contributed by atoms with van der Waals surface area (Å²) in [6.45, 7) is 1.77. The molecule has 0 aliphatic carbocycles. The van der Waals surface area contributed by atoms with Gasteiger partial charge in [0, 0.05) is 6.20 Å². The molecule has 2 rings (SSSR count). The molecule has 0 saturated carbocycles. The molecule has 0 aromatic carbocycles. The smallest absolute Gasteiger partial charge is 0.434 e. The lowest BCUT2D eigenvalue weighted by atomic mass is 10.2. The Labute approximate surface area is 111 Å². The van der Waals surface area contributed by atoms with Gasteiger partial charge in [-0.25, -0.2) is 4.79 Å². The number of ether oxygens (including phenoxy) is 1. The van der Waals surface area contributed by atoms with Crippen molar-refractivity contribution in [2.24, 2.45) is 0 Å². The molecule has 9 nitrogen and oxygen atoms in total. The van der Waals surface area contributed by atoms with Crippen LogP contribution in [0, 0.1) is 10.1 Å². The fourth-order valence-electron chi connectivity index (χ4n) is 1.50. The van der Waals surface area contributed by atoms with E-state index in [0.717, 1.165) is 16.9 Å². The van der Waals surface area contributed by atoms with E-state index in [1.165, 1.54) is 6.07 Å². The summed E-state index contributed by atoms with van der Waals surface area (Å²) >= 11 is 0. The fraction of sp³-hybridized carbons (Fsp3) is 0.182. The Balaban J connectivity index is 2.42. The van der Waals surface area contributed by atoms with E-state index in [2.05, 4.69) is 5.10 Å². The zero-order chi connectivity index (χ0) is 14.7. The Morgan fingerprint density at radius 2 is 2.35 bits per heavy atom. The zero-order valence-corrected chi connectivity index (χ0v) is 10.3. The van der Waals surface area contributed by atoms with Crippen LogP contribution in [0.5, 0.6) is 0 Å². The molecule has 0 spiro atoms. The molecule has 0 atom stereocenters. The highest BCUT2D eigenvalue weighted by Crippen LogP contribution is 2.26. The molecule has 20 heavy (non-hydrogen) atoms. The van der Waals surface area contributed by atoms with Crippen molar-refractivity contribution in [3.05, 3.63) is 34.0 Å². The number of rotatable bonds is 4. The summed E-state index contributed by atoms with van der Waals surface area (Å²) in [5.41, 5.74) is 0.0865. The van der Waals surface area contributed by atoms with Crippen molar-refractivity contribution >= 4 is 18.3 Å². The molecule has 0 radical (unpaired) electrons. The van der Waals surface area contributed by atoms with Crippen molar-refractivity contribution in [1.82, 2.24) is 9.78 Å². The zero-order valence-electron chi connectivity index (χ0n) is 10.3. The topological polar surface area (TPSA) is 117 Å². The molecule has 0 N–H and O–H groups in total. The van der Waals surface area contributed by atoms with E-state index in [1.807, 2.05) is 0 Å². The fourth-order valence-corrected chi connectivity index (χ4v) is 1.50. The van der Waals surface area contributed by atoms with Crippen molar-refractivity contribution in [3.8, 4) is 11.5 Å². The lowest BCUT2D eigenvalue weighted by Crippen LogP contribution is -2.13. The van der Waals surface area contributed by atoms with Crippen LogP contribution in [0.25, 0.3) is 11.5 Å². The summed E-state index contributed by atoms with van der Waals surface area (Å²) in [5, 5.41) is 14.4. The number of furan rings is 1. The largest absolute Gasteiger partial charge is 0.448 e. The Kier molecular flexibility index (Phi) is 3.60. The molecule has 2 aromatic rings. The number of carbonyl (C=O) groups excluding carboxylic acids is 2. The Bertz CT molecular complexity index is 672. The first-order valence-electron chi connectivity index (χ1n) is 5.53. The molecule has 9 heteroatoms. The third-order valence-electron chi connectivity index (χ3n) is 2.33. The Morgan fingerprint density at radius 3 is 2.90 bits per heavy atom. The minimum absolute atomic E-state index is 0.0156. The summed E-state index contributed by atoms with van der Waals surface area (Å²) in [6, 6.07) is 2.43. The summed E-state index contributed by atoms with van der Waals surface area (Å²) in [7, 11) is 0. The van der Waals surface area contributed by atoms with Gasteiger partial charge in [-0.05, 0) is 13.0 Å². The number of aromatic nitrogens is 2. The number of hydrogen-bond donors (Lipinski definition) is 0. The Hall–Kier alpha value is -2.97. The maximum absolute atomic E-state index is 11.5. The van der Waals surface area contributed by atoms with Gasteiger partial charge in [0.1, 0.15) is 10.6 Å². The lowest BCUT2D eigenvalue weighted by Gasteiger charge is -1.98. The molecule has 0 saturated heterocycles. The van der Waals surface area contributed by atoms with Crippen LogP contribution < -0.4 is 0 Å². The summed E-state index contributed by atoms with van der Waals surface area (Å²) < 4.78 is 10.5. The number of nitrogens with zero attached hydrogens (tertiary/aromatic N) is 3. The molecule has 0 aliphatic heterocycles. The van der Waals surface area contributed by atoms with Gasteiger partial charge in [0.15, 0.2) is 12.0 Å². The van der Waals surface area contributed by atoms with Crippen LogP contribution in [-0.2, 0) is 4.74 Å². The lowest BCUT2D eigenvalue weighted by molar-refractivity contribution is -0.401. The second-order valence-corrected chi connectivity index (χ2v) is 3.59. The summed E-state index contributed by atoms with van der Waals surface area (Å²) in [4.78, 5) is 32.3. The minimum Gasteiger partial charge on any atom is -0.448 e. The van der Waals surface area contributed by atoms with Gasteiger partial charge in [-0.1, -0.05) is 0 Å². The minimum atomic E-state index is -0.761. The molecule has 0 fully saturated rings. The van der Waals surface area contributed by atoms with E-state index in [-0.39, 0.29) is 23.6 Å². The van der Waals surface area contributed by atoms with E-state index in [4.69, 9.17) is 9.15 Å². The third-order valence-corrected chi connectivity index (χ3v) is 2.33. The highest BCUT2D eigenvalue weighted by atomic mass is 16.6. The molecular weight excluding hydrogens is 270 g/mol. The number of carbonyl (C=O) groups is 2. The first kappa shape index (κ1) is 13.5. The number of hydrogen-bond acceptors (Lipinski definition) is 7. The first-order chi connectivity index (χ1) is 9.56. The van der Waals surface area contributed by atoms with E-state index in [9.17, 15) is 19.7 Å². The van der Waals surface area contributed by atoms with Gasteiger partial charge in [0.25, 0.3) is 0 Å². The van der Waals surface area contributed by atoms with Crippen LogP contribution in [0.2, 0.25) is 0 Å². The van der Waals surface area contributed by atoms with Crippen molar-refractivity contribution in [1.29, 1.82) is 0 Å². The number of aldehydes is 1. The van der Waals surface area contributed by atoms with Crippen molar-refractivity contribution in [3.63, 3.8) is 0 Å². The van der Waals surface area contributed by atoms with E-state index in [0.29, 0.717) is 6.29 Å². The second kappa shape index (κ2) is 5.34. The van der Waals surface area contributed by atoms with Crippen LogP contribution in [0.1, 0.15) is 17.3 Å². The molecule has 2 heterocycles. The number of nitro groups is 1. The van der Waals surface area contributed by atoms with Gasteiger partial charge >= 0.3 is 12.0 Å². The maximum atomic E-state index is 11.5. The molecular formula is C11H9N3O6. The normalized spacial score (nSPS) is 10.2. The molecule has 104 valence electrons. The molecule has 0 bridgehead atoms. The van der Waals surface area contributed by atoms with Gasteiger partial charge in [-0.2, -0.15) is 9.78 Å². The standard InChI is InChI=1S/C11H9N3O6/c1-2-19-11(16)13-5-7(6-15)10(12-13)8-3-4-9(20-8)14(17)18/h3-6H,2H2,1H3. The van der Waals surface area contributed by atoms with Crippen LogP contribution >= 0.6 is 0 Å². The van der Waals surface area contributed by atoms with E-state index >= 15 is 0 Å². The SMILES string of the molecule is CCOC(=O)n1cc(C=O)c(-c2ccc([N+](=O)[O-])o2)n1. The van der Waals surface area contributed by atoms with Crippen molar-refractivity contribution < 1.29 is 23.7 Å².